The topological polar surface area (TPSA) is 57.5 Å². The van der Waals surface area contributed by atoms with Gasteiger partial charge in [-0.2, -0.15) is 0 Å². The molecule has 0 aliphatic heterocycles. The molecule has 112 valence electrons. The average Bonchev–Trinajstić information content (AvgIpc) is 2.38. The first-order valence-electron chi connectivity index (χ1n) is 7.13. The molecule has 20 heavy (non-hydrogen) atoms. The van der Waals surface area contributed by atoms with Gasteiger partial charge in [-0.05, 0) is 37.7 Å². The highest BCUT2D eigenvalue weighted by atomic mass is 16.4. The third kappa shape index (κ3) is 4.07. The van der Waals surface area contributed by atoms with E-state index < -0.39 is 11.4 Å². The van der Waals surface area contributed by atoms with Crippen molar-refractivity contribution < 1.29 is 15.0 Å². The van der Waals surface area contributed by atoms with Crippen LogP contribution in [0.1, 0.15) is 51.2 Å². The van der Waals surface area contributed by atoms with Crippen molar-refractivity contribution in [3.05, 3.63) is 35.4 Å². The number of aliphatic hydroxyl groups is 1. The van der Waals surface area contributed by atoms with Crippen LogP contribution < -0.4 is 0 Å². The lowest BCUT2D eigenvalue weighted by Crippen LogP contribution is -2.33. The summed E-state index contributed by atoms with van der Waals surface area (Å²) in [6.45, 7) is 7.88. The summed E-state index contributed by atoms with van der Waals surface area (Å²) in [5, 5.41) is 18.9. The fourth-order valence-corrected chi connectivity index (χ4v) is 2.36. The van der Waals surface area contributed by atoms with Crippen LogP contribution in [0.25, 0.3) is 0 Å². The van der Waals surface area contributed by atoms with Gasteiger partial charge in [-0.25, -0.2) is 0 Å². The fourth-order valence-electron chi connectivity index (χ4n) is 2.36. The summed E-state index contributed by atoms with van der Waals surface area (Å²) in [6.07, 6.45) is 2.18. The highest BCUT2D eigenvalue weighted by molar-refractivity contribution is 5.80. The van der Waals surface area contributed by atoms with Crippen molar-refractivity contribution in [2.24, 2.45) is 5.41 Å². The summed E-state index contributed by atoms with van der Waals surface area (Å²) >= 11 is 0. The van der Waals surface area contributed by atoms with E-state index >= 15 is 0 Å². The minimum atomic E-state index is -0.864. The minimum Gasteiger partial charge on any atom is -0.481 e. The van der Waals surface area contributed by atoms with Crippen LogP contribution in [0.3, 0.4) is 0 Å². The zero-order chi connectivity index (χ0) is 15.4. The van der Waals surface area contributed by atoms with Crippen molar-refractivity contribution in [1.29, 1.82) is 0 Å². The number of aliphatic carboxylic acids is 1. The summed E-state index contributed by atoms with van der Waals surface area (Å²) in [7, 11) is 0. The third-order valence-electron chi connectivity index (χ3n) is 4.09. The maximum absolute atomic E-state index is 11.7. The molecule has 1 unspecified atom stereocenters. The molecule has 0 aliphatic rings. The minimum absolute atomic E-state index is 0.126. The van der Waals surface area contributed by atoms with Gasteiger partial charge in [-0.3, -0.25) is 4.79 Å². The van der Waals surface area contributed by atoms with E-state index in [1.807, 2.05) is 45.0 Å². The maximum atomic E-state index is 11.7. The average molecular weight is 278 g/mol. The molecule has 0 bridgehead atoms. The number of hydrogen-bond donors (Lipinski definition) is 2. The molecule has 3 heteroatoms. The lowest BCUT2D eigenvalue weighted by atomic mass is 9.76. The van der Waals surface area contributed by atoms with Crippen molar-refractivity contribution in [3.8, 4) is 0 Å². The van der Waals surface area contributed by atoms with E-state index in [4.69, 9.17) is 0 Å². The normalized spacial score (nSPS) is 14.8. The molecule has 3 nitrogen and oxygen atoms in total. The Morgan fingerprint density at radius 2 is 1.85 bits per heavy atom. The van der Waals surface area contributed by atoms with Gasteiger partial charge in [0, 0.05) is 6.61 Å². The Hall–Kier alpha value is -1.35. The van der Waals surface area contributed by atoms with Crippen LogP contribution in [0.2, 0.25) is 0 Å². The van der Waals surface area contributed by atoms with Crippen LogP contribution in [0.4, 0.5) is 0 Å². The van der Waals surface area contributed by atoms with E-state index in [1.54, 1.807) is 6.92 Å². The molecule has 0 aromatic heterocycles. The van der Waals surface area contributed by atoms with E-state index in [-0.39, 0.29) is 12.0 Å². The quantitative estimate of drug-likeness (QED) is 0.802. The van der Waals surface area contributed by atoms with Gasteiger partial charge in [0.2, 0.25) is 0 Å². The van der Waals surface area contributed by atoms with Crippen LogP contribution in [-0.4, -0.2) is 22.8 Å². The predicted molar refractivity (Wildman–Crippen MR) is 80.9 cm³/mol. The van der Waals surface area contributed by atoms with Crippen molar-refractivity contribution in [1.82, 2.24) is 0 Å². The van der Waals surface area contributed by atoms with Crippen LogP contribution >= 0.6 is 0 Å². The van der Waals surface area contributed by atoms with Gasteiger partial charge in [-0.1, -0.05) is 50.1 Å². The summed E-state index contributed by atoms with van der Waals surface area (Å²) < 4.78 is 0. The van der Waals surface area contributed by atoms with Crippen LogP contribution in [0.5, 0.6) is 0 Å². The van der Waals surface area contributed by atoms with E-state index in [1.165, 1.54) is 0 Å². The molecule has 0 fully saturated rings. The molecular weight excluding hydrogens is 252 g/mol. The van der Waals surface area contributed by atoms with Crippen LogP contribution in [0.15, 0.2) is 24.3 Å². The Kier molecular flexibility index (Phi) is 5.35. The highest BCUT2D eigenvalue weighted by Crippen LogP contribution is 2.33. The van der Waals surface area contributed by atoms with E-state index in [0.29, 0.717) is 6.42 Å². The van der Waals surface area contributed by atoms with Gasteiger partial charge in [0.05, 0.1) is 5.41 Å². The SMILES string of the molecule is Cc1cccc(C(C)(CCCC(C)(C)CO)C(=O)O)c1. The van der Waals surface area contributed by atoms with Crippen molar-refractivity contribution in [2.45, 2.75) is 52.4 Å². The lowest BCUT2D eigenvalue weighted by Gasteiger charge is -2.28. The second-order valence-corrected chi connectivity index (χ2v) is 6.68. The van der Waals surface area contributed by atoms with Gasteiger partial charge in [-0.15, -0.1) is 0 Å². The number of hydrogen-bond acceptors (Lipinski definition) is 2. The second-order valence-electron chi connectivity index (χ2n) is 6.68. The molecule has 0 heterocycles. The molecule has 0 saturated carbocycles. The fraction of sp³-hybridized carbons (Fsp3) is 0.588. The zero-order valence-corrected chi connectivity index (χ0v) is 12.9. The predicted octanol–water partition coefficient (Wildman–Crippen LogP) is 3.53. The van der Waals surface area contributed by atoms with Crippen molar-refractivity contribution in [2.75, 3.05) is 6.61 Å². The number of benzene rings is 1. The first-order valence-corrected chi connectivity index (χ1v) is 7.13. The molecule has 2 N–H and O–H groups in total. The molecule has 0 saturated heterocycles. The molecular formula is C17H26O3. The van der Waals surface area contributed by atoms with E-state index in [9.17, 15) is 15.0 Å². The van der Waals surface area contributed by atoms with Gasteiger partial charge in [0.25, 0.3) is 0 Å². The smallest absolute Gasteiger partial charge is 0.313 e. The largest absolute Gasteiger partial charge is 0.481 e. The first kappa shape index (κ1) is 16.7. The number of carbonyl (C=O) groups is 1. The Morgan fingerprint density at radius 3 is 2.35 bits per heavy atom. The Bertz CT molecular complexity index is 465. The van der Waals surface area contributed by atoms with Crippen molar-refractivity contribution >= 4 is 5.97 Å². The summed E-state index contributed by atoms with van der Waals surface area (Å²) in [4.78, 5) is 11.7. The third-order valence-corrected chi connectivity index (χ3v) is 4.09. The molecule has 1 rings (SSSR count). The number of carboxylic acid groups (broad SMARTS) is 1. The lowest BCUT2D eigenvalue weighted by molar-refractivity contribution is -0.143. The van der Waals surface area contributed by atoms with Gasteiger partial charge in [0.1, 0.15) is 0 Å². The summed E-state index contributed by atoms with van der Waals surface area (Å²) in [5.41, 5.74) is 0.918. The highest BCUT2D eigenvalue weighted by Gasteiger charge is 2.35. The molecule has 0 spiro atoms. The van der Waals surface area contributed by atoms with Gasteiger partial charge < -0.3 is 10.2 Å². The monoisotopic (exact) mass is 278 g/mol. The number of rotatable bonds is 7. The Balaban J connectivity index is 2.86. The molecule has 0 aliphatic carbocycles. The van der Waals surface area contributed by atoms with Crippen LogP contribution in [-0.2, 0) is 10.2 Å². The molecule has 0 radical (unpaired) electrons. The first-order chi connectivity index (χ1) is 9.21. The van der Waals surface area contributed by atoms with Crippen LogP contribution in [0, 0.1) is 12.3 Å². The number of aliphatic hydroxyl groups excluding tert-OH is 1. The standard InChI is InChI=1S/C17H26O3/c1-13-7-5-8-14(11-13)17(4,15(19)20)10-6-9-16(2,3)12-18/h5,7-8,11,18H,6,9-10,12H2,1-4H3,(H,19,20). The molecule has 0 amide bonds. The van der Waals surface area contributed by atoms with Gasteiger partial charge >= 0.3 is 5.97 Å². The maximum Gasteiger partial charge on any atom is 0.313 e. The number of carboxylic acids is 1. The summed E-state index contributed by atoms with van der Waals surface area (Å²) in [6, 6.07) is 7.72. The molecule has 1 aromatic rings. The molecule has 1 aromatic carbocycles. The second kappa shape index (κ2) is 6.40. The van der Waals surface area contributed by atoms with E-state index in [0.717, 1.165) is 24.0 Å². The Morgan fingerprint density at radius 1 is 1.20 bits per heavy atom. The van der Waals surface area contributed by atoms with Crippen molar-refractivity contribution in [3.63, 3.8) is 0 Å². The number of aryl methyl sites for hydroxylation is 1. The Labute approximate surface area is 121 Å². The summed E-state index contributed by atoms with van der Waals surface area (Å²) in [5.74, 6) is -0.787. The van der Waals surface area contributed by atoms with E-state index in [2.05, 4.69) is 0 Å². The van der Waals surface area contributed by atoms with Gasteiger partial charge in [0.15, 0.2) is 0 Å². The molecule has 1 atom stereocenters. The zero-order valence-electron chi connectivity index (χ0n) is 12.9.